The summed E-state index contributed by atoms with van der Waals surface area (Å²) in [6, 6.07) is 4.86. The molecule has 2 nitrogen and oxygen atoms in total. The molecular formula is C9H8BFO2S. The van der Waals surface area contributed by atoms with E-state index in [2.05, 4.69) is 0 Å². The quantitative estimate of drug-likeness (QED) is 0.690. The van der Waals surface area contributed by atoms with Crippen LogP contribution in [-0.4, -0.2) is 17.2 Å². The van der Waals surface area contributed by atoms with Gasteiger partial charge < -0.3 is 10.0 Å². The summed E-state index contributed by atoms with van der Waals surface area (Å²) in [5, 5.41) is 18.6. The number of aryl methyl sites for hydroxylation is 1. The van der Waals surface area contributed by atoms with Crippen LogP contribution in [0, 0.1) is 12.7 Å². The number of fused-ring (bicyclic) bond motifs is 1. The second-order valence-electron chi connectivity index (χ2n) is 3.19. The molecule has 14 heavy (non-hydrogen) atoms. The van der Waals surface area contributed by atoms with Crippen LogP contribution in [0.15, 0.2) is 18.2 Å². The zero-order valence-electron chi connectivity index (χ0n) is 7.49. The van der Waals surface area contributed by atoms with Crippen LogP contribution in [0.2, 0.25) is 0 Å². The first-order chi connectivity index (χ1) is 6.58. The van der Waals surface area contributed by atoms with Crippen molar-refractivity contribution in [1.82, 2.24) is 0 Å². The third kappa shape index (κ3) is 1.54. The summed E-state index contributed by atoms with van der Waals surface area (Å²) in [7, 11) is -1.52. The summed E-state index contributed by atoms with van der Waals surface area (Å²) in [4.78, 5) is 0. The average molecular weight is 210 g/mol. The first kappa shape index (κ1) is 9.64. The SMILES string of the molecule is Cc1cc(F)c2sc(B(O)O)cc2c1. The molecule has 0 radical (unpaired) electrons. The van der Waals surface area contributed by atoms with Crippen LogP contribution >= 0.6 is 11.3 Å². The lowest BCUT2D eigenvalue weighted by atomic mass is 9.89. The van der Waals surface area contributed by atoms with Crippen molar-refractivity contribution in [3.63, 3.8) is 0 Å². The maximum absolute atomic E-state index is 13.4. The Labute approximate surface area is 84.8 Å². The molecule has 1 aromatic heterocycles. The topological polar surface area (TPSA) is 40.5 Å². The van der Waals surface area contributed by atoms with E-state index in [0.717, 1.165) is 22.3 Å². The highest BCUT2D eigenvalue weighted by Crippen LogP contribution is 2.23. The van der Waals surface area contributed by atoms with E-state index in [1.807, 2.05) is 6.07 Å². The molecule has 5 heteroatoms. The van der Waals surface area contributed by atoms with Crippen molar-refractivity contribution >= 4 is 33.3 Å². The highest BCUT2D eigenvalue weighted by molar-refractivity contribution is 7.27. The zero-order chi connectivity index (χ0) is 10.3. The highest BCUT2D eigenvalue weighted by Gasteiger charge is 2.16. The molecule has 0 aliphatic heterocycles. The lowest BCUT2D eigenvalue weighted by molar-refractivity contribution is 0.427. The molecule has 2 aromatic rings. The Hall–Kier alpha value is -0.905. The van der Waals surface area contributed by atoms with Gasteiger partial charge in [0.2, 0.25) is 0 Å². The highest BCUT2D eigenvalue weighted by atomic mass is 32.1. The molecule has 72 valence electrons. The van der Waals surface area contributed by atoms with Crippen molar-refractivity contribution in [3.8, 4) is 0 Å². The molecule has 0 atom stereocenters. The second kappa shape index (κ2) is 3.35. The van der Waals surface area contributed by atoms with Gasteiger partial charge in [-0.1, -0.05) is 6.07 Å². The average Bonchev–Trinajstić information content (AvgIpc) is 2.47. The number of rotatable bonds is 1. The van der Waals surface area contributed by atoms with Gasteiger partial charge in [0.25, 0.3) is 0 Å². The second-order valence-corrected chi connectivity index (χ2v) is 4.27. The van der Waals surface area contributed by atoms with Gasteiger partial charge in [-0.3, -0.25) is 0 Å². The van der Waals surface area contributed by atoms with E-state index >= 15 is 0 Å². The lowest BCUT2D eigenvalue weighted by Gasteiger charge is -1.94. The summed E-state index contributed by atoms with van der Waals surface area (Å²) in [6.07, 6.45) is 0. The first-order valence-electron chi connectivity index (χ1n) is 4.13. The predicted octanol–water partition coefficient (Wildman–Crippen LogP) is 1.03. The van der Waals surface area contributed by atoms with Gasteiger partial charge in [-0.2, -0.15) is 0 Å². The maximum atomic E-state index is 13.4. The number of halogens is 1. The number of hydrogen-bond acceptors (Lipinski definition) is 3. The van der Waals surface area contributed by atoms with Crippen molar-refractivity contribution in [3.05, 3.63) is 29.6 Å². The first-order valence-corrected chi connectivity index (χ1v) is 4.95. The smallest absolute Gasteiger partial charge is 0.423 e. The van der Waals surface area contributed by atoms with Crippen LogP contribution < -0.4 is 4.78 Å². The van der Waals surface area contributed by atoms with Gasteiger partial charge in [0, 0.05) is 4.78 Å². The summed E-state index contributed by atoms with van der Waals surface area (Å²) < 4.78 is 14.2. The molecule has 0 spiro atoms. The van der Waals surface area contributed by atoms with E-state index < -0.39 is 7.12 Å². The summed E-state index contributed by atoms with van der Waals surface area (Å²) in [6.45, 7) is 1.80. The van der Waals surface area contributed by atoms with E-state index in [-0.39, 0.29) is 5.82 Å². The van der Waals surface area contributed by atoms with Gasteiger partial charge in [0.15, 0.2) is 0 Å². The minimum absolute atomic E-state index is 0.308. The molecule has 2 rings (SSSR count). The van der Waals surface area contributed by atoms with Gasteiger partial charge in [-0.15, -0.1) is 11.3 Å². The Kier molecular flexibility index (Phi) is 2.30. The van der Waals surface area contributed by atoms with Gasteiger partial charge in [-0.25, -0.2) is 4.39 Å². The molecule has 0 fully saturated rings. The van der Waals surface area contributed by atoms with Crippen molar-refractivity contribution in [1.29, 1.82) is 0 Å². The molecule has 0 saturated carbocycles. The molecule has 0 bridgehead atoms. The Morgan fingerprint density at radius 1 is 1.29 bits per heavy atom. The Balaban J connectivity index is 2.70. The number of hydrogen-bond donors (Lipinski definition) is 2. The van der Waals surface area contributed by atoms with E-state index in [4.69, 9.17) is 10.0 Å². The van der Waals surface area contributed by atoms with Crippen LogP contribution in [0.5, 0.6) is 0 Å². The third-order valence-corrected chi connectivity index (χ3v) is 3.19. The predicted molar refractivity (Wildman–Crippen MR) is 56.3 cm³/mol. The van der Waals surface area contributed by atoms with Gasteiger partial charge >= 0.3 is 7.12 Å². The summed E-state index contributed by atoms with van der Waals surface area (Å²) in [5.74, 6) is -0.308. The van der Waals surface area contributed by atoms with E-state index in [0.29, 0.717) is 9.48 Å². The molecular weight excluding hydrogens is 202 g/mol. The van der Waals surface area contributed by atoms with E-state index in [1.165, 1.54) is 6.07 Å². The van der Waals surface area contributed by atoms with Crippen LogP contribution in [0.25, 0.3) is 10.1 Å². The monoisotopic (exact) mass is 210 g/mol. The minimum atomic E-state index is -1.52. The normalized spacial score (nSPS) is 10.9. The number of thiophene rings is 1. The summed E-state index contributed by atoms with van der Waals surface area (Å²) >= 11 is 1.07. The molecule has 0 amide bonds. The van der Waals surface area contributed by atoms with Crippen LogP contribution in [-0.2, 0) is 0 Å². The van der Waals surface area contributed by atoms with Crippen molar-refractivity contribution in [2.24, 2.45) is 0 Å². The molecule has 2 N–H and O–H groups in total. The van der Waals surface area contributed by atoms with Gasteiger partial charge in [-0.05, 0) is 30.0 Å². The standard InChI is InChI=1S/C9H8BFO2S/c1-5-2-6-4-8(10(12)13)14-9(6)7(11)3-5/h2-4,12-13H,1H3. The fourth-order valence-corrected chi connectivity index (χ4v) is 2.32. The fourth-order valence-electron chi connectivity index (χ4n) is 1.40. The molecule has 0 unspecified atom stereocenters. The Bertz CT molecular complexity index is 481. The van der Waals surface area contributed by atoms with Crippen LogP contribution in [0.3, 0.4) is 0 Å². The lowest BCUT2D eigenvalue weighted by Crippen LogP contribution is -2.26. The Morgan fingerprint density at radius 3 is 2.64 bits per heavy atom. The molecule has 0 saturated heterocycles. The molecule has 1 heterocycles. The fraction of sp³-hybridized carbons (Fsp3) is 0.111. The maximum Gasteiger partial charge on any atom is 0.499 e. The largest absolute Gasteiger partial charge is 0.499 e. The number of benzene rings is 1. The summed E-state index contributed by atoms with van der Waals surface area (Å²) in [5.41, 5.74) is 0.826. The molecule has 1 aromatic carbocycles. The van der Waals surface area contributed by atoms with Gasteiger partial charge in [0.05, 0.1) is 4.70 Å². The van der Waals surface area contributed by atoms with E-state index in [9.17, 15) is 4.39 Å². The minimum Gasteiger partial charge on any atom is -0.423 e. The zero-order valence-corrected chi connectivity index (χ0v) is 8.31. The molecule has 0 aliphatic carbocycles. The van der Waals surface area contributed by atoms with Crippen molar-refractivity contribution in [2.75, 3.05) is 0 Å². The van der Waals surface area contributed by atoms with Crippen molar-refractivity contribution in [2.45, 2.75) is 6.92 Å². The Morgan fingerprint density at radius 2 is 2.00 bits per heavy atom. The third-order valence-electron chi connectivity index (χ3n) is 1.99. The van der Waals surface area contributed by atoms with Gasteiger partial charge in [0.1, 0.15) is 5.82 Å². The van der Waals surface area contributed by atoms with Crippen molar-refractivity contribution < 1.29 is 14.4 Å². The van der Waals surface area contributed by atoms with Crippen LogP contribution in [0.1, 0.15) is 5.56 Å². The van der Waals surface area contributed by atoms with Crippen LogP contribution in [0.4, 0.5) is 4.39 Å². The van der Waals surface area contributed by atoms with E-state index in [1.54, 1.807) is 13.0 Å². The molecule has 0 aliphatic rings.